The monoisotopic (exact) mass is 464 g/mol. The summed E-state index contributed by atoms with van der Waals surface area (Å²) in [6.07, 6.45) is 1.76. The molecule has 34 heavy (non-hydrogen) atoms. The molecular formula is C28H36N2O4. The van der Waals surface area contributed by atoms with Crippen LogP contribution in [0.15, 0.2) is 54.1 Å². The van der Waals surface area contributed by atoms with Gasteiger partial charge in [-0.15, -0.1) is 0 Å². The van der Waals surface area contributed by atoms with Crippen LogP contribution in [0, 0.1) is 0 Å². The summed E-state index contributed by atoms with van der Waals surface area (Å²) in [5.74, 6) is -0.779. The molecule has 1 heterocycles. The van der Waals surface area contributed by atoms with Crippen LogP contribution in [-0.4, -0.2) is 59.4 Å². The van der Waals surface area contributed by atoms with E-state index in [0.717, 1.165) is 31.5 Å². The van der Waals surface area contributed by atoms with Crippen molar-refractivity contribution in [1.29, 1.82) is 0 Å². The van der Waals surface area contributed by atoms with Crippen LogP contribution in [0.3, 0.4) is 0 Å². The number of rotatable bonds is 11. The normalized spacial score (nSPS) is 17.6. The number of amides is 1. The predicted octanol–water partition coefficient (Wildman–Crippen LogP) is 4.80. The SMILES string of the molecule is CCCOc1cccc(/C(O)=C2\C(=O)C(=O)N(CCN(CC)CC)C2c2ccc(CC)cc2)c1. The molecule has 2 aromatic rings. The Morgan fingerprint density at radius 2 is 1.74 bits per heavy atom. The summed E-state index contributed by atoms with van der Waals surface area (Å²) >= 11 is 0. The Balaban J connectivity index is 2.07. The lowest BCUT2D eigenvalue weighted by molar-refractivity contribution is -0.140. The van der Waals surface area contributed by atoms with Crippen molar-refractivity contribution in [3.63, 3.8) is 0 Å². The van der Waals surface area contributed by atoms with Crippen molar-refractivity contribution in [3.05, 3.63) is 70.8 Å². The molecule has 182 valence electrons. The molecule has 1 aliphatic heterocycles. The van der Waals surface area contributed by atoms with Gasteiger partial charge in [0.1, 0.15) is 11.5 Å². The first-order valence-electron chi connectivity index (χ1n) is 12.3. The van der Waals surface area contributed by atoms with E-state index >= 15 is 0 Å². The minimum Gasteiger partial charge on any atom is -0.507 e. The lowest BCUT2D eigenvalue weighted by Gasteiger charge is -2.28. The van der Waals surface area contributed by atoms with E-state index in [0.29, 0.717) is 31.0 Å². The fraction of sp³-hybridized carbons (Fsp3) is 0.429. The molecule has 1 N–H and O–H groups in total. The number of aliphatic hydroxyl groups is 1. The van der Waals surface area contributed by atoms with E-state index in [1.807, 2.05) is 37.3 Å². The molecule has 1 aliphatic rings. The third-order valence-electron chi connectivity index (χ3n) is 6.38. The Labute approximate surface area is 202 Å². The van der Waals surface area contributed by atoms with Gasteiger partial charge in [0.25, 0.3) is 11.7 Å². The van der Waals surface area contributed by atoms with Crippen LogP contribution < -0.4 is 4.74 Å². The van der Waals surface area contributed by atoms with Crippen LogP contribution in [0.1, 0.15) is 56.8 Å². The van der Waals surface area contributed by atoms with Crippen LogP contribution in [0.25, 0.3) is 5.76 Å². The number of hydrogen-bond donors (Lipinski definition) is 1. The second-order valence-corrected chi connectivity index (χ2v) is 8.49. The van der Waals surface area contributed by atoms with Crippen molar-refractivity contribution < 1.29 is 19.4 Å². The Morgan fingerprint density at radius 1 is 1.03 bits per heavy atom. The van der Waals surface area contributed by atoms with Gasteiger partial charge in [-0.1, -0.05) is 64.1 Å². The second-order valence-electron chi connectivity index (χ2n) is 8.49. The van der Waals surface area contributed by atoms with Crippen molar-refractivity contribution in [1.82, 2.24) is 9.80 Å². The number of nitrogens with zero attached hydrogens (tertiary/aromatic N) is 2. The number of Topliss-reactive ketones (excluding diaryl/α,β-unsaturated/α-hetero) is 1. The second kappa shape index (κ2) is 11.8. The molecule has 0 radical (unpaired) electrons. The molecule has 6 heteroatoms. The van der Waals surface area contributed by atoms with Gasteiger partial charge in [0.2, 0.25) is 0 Å². The number of benzene rings is 2. The van der Waals surface area contributed by atoms with Gasteiger partial charge in [-0.05, 0) is 49.2 Å². The molecular weight excluding hydrogens is 428 g/mol. The zero-order valence-electron chi connectivity index (χ0n) is 20.7. The molecule has 1 amide bonds. The molecule has 0 saturated carbocycles. The van der Waals surface area contributed by atoms with Crippen molar-refractivity contribution in [2.45, 2.75) is 46.6 Å². The predicted molar refractivity (Wildman–Crippen MR) is 135 cm³/mol. The molecule has 3 rings (SSSR count). The van der Waals surface area contributed by atoms with Crippen molar-refractivity contribution in [2.24, 2.45) is 0 Å². The van der Waals surface area contributed by atoms with Gasteiger partial charge in [-0.2, -0.15) is 0 Å². The van der Waals surface area contributed by atoms with E-state index < -0.39 is 17.7 Å². The van der Waals surface area contributed by atoms with Crippen LogP contribution >= 0.6 is 0 Å². The lowest BCUT2D eigenvalue weighted by Crippen LogP contribution is -2.38. The quantitative estimate of drug-likeness (QED) is 0.294. The topological polar surface area (TPSA) is 70.1 Å². The van der Waals surface area contributed by atoms with Gasteiger partial charge in [0.15, 0.2) is 0 Å². The van der Waals surface area contributed by atoms with E-state index in [1.54, 1.807) is 23.1 Å². The lowest BCUT2D eigenvalue weighted by atomic mass is 9.94. The summed E-state index contributed by atoms with van der Waals surface area (Å²) < 4.78 is 5.70. The molecule has 0 aliphatic carbocycles. The zero-order chi connectivity index (χ0) is 24.7. The molecule has 1 saturated heterocycles. The van der Waals surface area contributed by atoms with E-state index in [1.165, 1.54) is 5.56 Å². The first-order valence-corrected chi connectivity index (χ1v) is 12.3. The summed E-state index contributed by atoms with van der Waals surface area (Å²) in [5.41, 5.74) is 2.58. The standard InChI is InChI=1S/C28H36N2O4/c1-5-18-34-23-11-9-10-22(19-23)26(31)24-25(21-14-12-20(6-2)13-15-21)30(28(33)27(24)32)17-16-29(7-3)8-4/h9-15,19,25,31H,5-8,16-18H2,1-4H3/b26-24+. The van der Waals surface area contributed by atoms with Gasteiger partial charge in [0, 0.05) is 18.7 Å². The highest BCUT2D eigenvalue weighted by atomic mass is 16.5. The third-order valence-corrected chi connectivity index (χ3v) is 6.38. The molecule has 0 aromatic heterocycles. The first-order chi connectivity index (χ1) is 16.4. The largest absolute Gasteiger partial charge is 0.507 e. The summed E-state index contributed by atoms with van der Waals surface area (Å²) in [7, 11) is 0. The highest BCUT2D eigenvalue weighted by Crippen LogP contribution is 2.39. The van der Waals surface area contributed by atoms with Crippen LogP contribution in [0.5, 0.6) is 5.75 Å². The fourth-order valence-corrected chi connectivity index (χ4v) is 4.29. The van der Waals surface area contributed by atoms with Crippen molar-refractivity contribution in [3.8, 4) is 5.75 Å². The third kappa shape index (κ3) is 5.50. The van der Waals surface area contributed by atoms with Crippen LogP contribution in [-0.2, 0) is 16.0 Å². The minimum atomic E-state index is -0.651. The van der Waals surface area contributed by atoms with E-state index in [9.17, 15) is 14.7 Å². The summed E-state index contributed by atoms with van der Waals surface area (Å²) in [5, 5.41) is 11.3. The summed E-state index contributed by atoms with van der Waals surface area (Å²) in [6.45, 7) is 11.6. The number of carbonyl (C=O) groups is 2. The molecule has 1 atom stereocenters. The van der Waals surface area contributed by atoms with Crippen LogP contribution in [0.2, 0.25) is 0 Å². The smallest absolute Gasteiger partial charge is 0.295 e. The highest BCUT2D eigenvalue weighted by molar-refractivity contribution is 6.46. The van der Waals surface area contributed by atoms with E-state index in [-0.39, 0.29) is 11.3 Å². The number of aryl methyl sites for hydroxylation is 1. The number of likely N-dealkylation sites (tertiary alicyclic amines) is 1. The van der Waals surface area contributed by atoms with Gasteiger partial charge < -0.3 is 19.6 Å². The number of carbonyl (C=O) groups excluding carboxylic acids is 2. The maximum absolute atomic E-state index is 13.2. The summed E-state index contributed by atoms with van der Waals surface area (Å²) in [6, 6.07) is 14.3. The van der Waals surface area contributed by atoms with Crippen molar-refractivity contribution in [2.75, 3.05) is 32.8 Å². The van der Waals surface area contributed by atoms with Gasteiger partial charge in [0.05, 0.1) is 18.2 Å². The maximum Gasteiger partial charge on any atom is 0.295 e. The number of ether oxygens (including phenoxy) is 1. The van der Waals surface area contributed by atoms with Gasteiger partial charge >= 0.3 is 0 Å². The Kier molecular flexibility index (Phi) is 8.88. The molecule has 0 bridgehead atoms. The molecule has 1 fully saturated rings. The average molecular weight is 465 g/mol. The molecule has 6 nitrogen and oxygen atoms in total. The van der Waals surface area contributed by atoms with Crippen LogP contribution in [0.4, 0.5) is 0 Å². The van der Waals surface area contributed by atoms with E-state index in [2.05, 4.69) is 25.7 Å². The van der Waals surface area contributed by atoms with Crippen molar-refractivity contribution >= 4 is 17.4 Å². The maximum atomic E-state index is 13.2. The highest BCUT2D eigenvalue weighted by Gasteiger charge is 2.45. The molecule has 2 aromatic carbocycles. The zero-order valence-corrected chi connectivity index (χ0v) is 20.7. The molecule has 1 unspecified atom stereocenters. The van der Waals surface area contributed by atoms with Gasteiger partial charge in [-0.3, -0.25) is 9.59 Å². The first kappa shape index (κ1) is 25.5. The average Bonchev–Trinajstić information content (AvgIpc) is 3.12. The van der Waals surface area contributed by atoms with Gasteiger partial charge in [-0.25, -0.2) is 0 Å². The fourth-order valence-electron chi connectivity index (χ4n) is 4.29. The van der Waals surface area contributed by atoms with E-state index in [4.69, 9.17) is 4.74 Å². The Hall–Kier alpha value is -3.12. The Bertz CT molecular complexity index is 1020. The number of hydrogen-bond acceptors (Lipinski definition) is 5. The Morgan fingerprint density at radius 3 is 2.35 bits per heavy atom. The molecule has 0 spiro atoms. The minimum absolute atomic E-state index is 0.126. The number of aliphatic hydroxyl groups excluding tert-OH is 1. The number of likely N-dealkylation sites (N-methyl/N-ethyl adjacent to an activating group) is 1. The summed E-state index contributed by atoms with van der Waals surface area (Å²) in [4.78, 5) is 30.2. The number of ketones is 1.